The number of carboxylic acid groups (broad SMARTS) is 1. The molecule has 4 aromatic rings. The van der Waals surface area contributed by atoms with Crippen molar-refractivity contribution in [3.05, 3.63) is 124 Å². The van der Waals surface area contributed by atoms with E-state index in [4.69, 9.17) is 5.11 Å². The molecule has 10 heteroatoms. The van der Waals surface area contributed by atoms with E-state index in [1.54, 1.807) is 18.0 Å². The molecule has 0 unspecified atom stereocenters. The van der Waals surface area contributed by atoms with Crippen molar-refractivity contribution in [2.24, 2.45) is 0 Å². The topological polar surface area (TPSA) is 81.1 Å². The number of hydrogen-bond acceptors (Lipinski definition) is 5. The Balaban J connectivity index is 0.000000220. The molecule has 1 aliphatic rings. The minimum absolute atomic E-state index is 0.184. The molecule has 2 N–H and O–H groups in total. The molecule has 0 aromatic heterocycles. The summed E-state index contributed by atoms with van der Waals surface area (Å²) in [5.74, 6) is -0.917. The molecule has 0 aliphatic heterocycles. The van der Waals surface area contributed by atoms with Crippen LogP contribution in [0.1, 0.15) is 83.1 Å². The van der Waals surface area contributed by atoms with Crippen LogP contribution in [0.5, 0.6) is 5.75 Å². The van der Waals surface area contributed by atoms with Gasteiger partial charge < -0.3 is 15.1 Å². The molecule has 0 radical (unpaired) electrons. The number of hydrogen-bond donors (Lipinski definition) is 2. The molecular weight excluding hydrogens is 637 g/mol. The highest BCUT2D eigenvalue weighted by atomic mass is 32.2. The molecule has 1 saturated carbocycles. The van der Waals surface area contributed by atoms with Crippen LogP contribution in [-0.2, 0) is 24.1 Å². The van der Waals surface area contributed by atoms with E-state index in [2.05, 4.69) is 12.1 Å². The highest BCUT2D eigenvalue weighted by molar-refractivity contribution is 7.97. The van der Waals surface area contributed by atoms with Gasteiger partial charge in [-0.25, -0.2) is 9.10 Å². The van der Waals surface area contributed by atoms with Gasteiger partial charge in [-0.05, 0) is 84.7 Å². The first-order chi connectivity index (χ1) is 23.0. The number of aromatic carboxylic acids is 1. The van der Waals surface area contributed by atoms with Crippen LogP contribution in [0.25, 0.3) is 0 Å². The molecule has 0 spiro atoms. The lowest BCUT2D eigenvalue weighted by Gasteiger charge is -2.23. The number of alkyl halides is 3. The lowest BCUT2D eigenvalue weighted by atomic mass is 9.84. The molecule has 0 bridgehead atoms. The van der Waals surface area contributed by atoms with E-state index in [0.29, 0.717) is 36.7 Å². The van der Waals surface area contributed by atoms with Crippen LogP contribution < -0.4 is 4.90 Å². The number of rotatable bonds is 11. The van der Waals surface area contributed by atoms with Gasteiger partial charge in [-0.15, -0.1) is 0 Å². The molecule has 1 aliphatic carbocycles. The summed E-state index contributed by atoms with van der Waals surface area (Å²) in [5, 5.41) is 18.8. The highest BCUT2D eigenvalue weighted by Gasteiger charge is 2.30. The Hall–Kier alpha value is -4.28. The summed E-state index contributed by atoms with van der Waals surface area (Å²) in [7, 11) is 0. The largest absolute Gasteiger partial charge is 0.507 e. The summed E-state index contributed by atoms with van der Waals surface area (Å²) >= 11 is 1.56. The molecule has 6 nitrogen and oxygen atoms in total. The maximum Gasteiger partial charge on any atom is 0.416 e. The quantitative estimate of drug-likeness (QED) is 0.121. The van der Waals surface area contributed by atoms with Gasteiger partial charge in [0, 0.05) is 29.7 Å². The number of anilines is 1. The number of phenols is 1. The first-order valence-corrected chi connectivity index (χ1v) is 16.8. The number of carbonyl (C=O) groups is 2. The van der Waals surface area contributed by atoms with Crippen LogP contribution in [0.3, 0.4) is 0 Å². The summed E-state index contributed by atoms with van der Waals surface area (Å²) < 4.78 is 40.3. The number of amides is 1. The van der Waals surface area contributed by atoms with Crippen LogP contribution in [0.4, 0.5) is 18.9 Å². The fourth-order valence-corrected chi connectivity index (χ4v) is 6.50. The molecule has 4 aromatic carbocycles. The molecule has 254 valence electrons. The minimum atomic E-state index is -4.29. The summed E-state index contributed by atoms with van der Waals surface area (Å²) in [6, 6.07) is 26.1. The summed E-state index contributed by atoms with van der Waals surface area (Å²) in [6.07, 6.45) is 2.80. The fraction of sp³-hybridized carbons (Fsp3) is 0.316. The predicted molar refractivity (Wildman–Crippen MR) is 184 cm³/mol. The Morgan fingerprint density at radius 1 is 0.896 bits per heavy atom. The van der Waals surface area contributed by atoms with Crippen molar-refractivity contribution in [2.75, 3.05) is 11.4 Å². The maximum absolute atomic E-state index is 12.8. The van der Waals surface area contributed by atoms with Gasteiger partial charge in [-0.1, -0.05) is 86.3 Å². The highest BCUT2D eigenvalue weighted by Crippen LogP contribution is 2.33. The Kier molecular flexibility index (Phi) is 13.1. The van der Waals surface area contributed by atoms with Crippen LogP contribution in [0, 0.1) is 6.92 Å². The maximum atomic E-state index is 12.8. The SMILES string of the molecule is CCN(Cc1cccc(C(F)(F)F)c1)Sc1ccc(C)cc1.O=CN(Cc1ccc(C2CCCCC2)cc1)c1ccc(C(=O)O)c(O)c1. The lowest BCUT2D eigenvalue weighted by Crippen LogP contribution is -2.20. The van der Waals surface area contributed by atoms with Crippen molar-refractivity contribution in [2.45, 2.75) is 76.0 Å². The van der Waals surface area contributed by atoms with Gasteiger partial charge in [0.25, 0.3) is 0 Å². The zero-order valence-corrected chi connectivity index (χ0v) is 27.9. The number of aryl methyl sites for hydroxylation is 1. The van der Waals surface area contributed by atoms with Gasteiger partial charge in [-0.3, -0.25) is 4.79 Å². The van der Waals surface area contributed by atoms with Crippen LogP contribution in [-0.4, -0.2) is 33.4 Å². The van der Waals surface area contributed by atoms with Crippen LogP contribution in [0.2, 0.25) is 0 Å². The van der Waals surface area contributed by atoms with Crippen molar-refractivity contribution in [3.63, 3.8) is 0 Å². The fourth-order valence-electron chi connectivity index (χ4n) is 5.60. The van der Waals surface area contributed by atoms with E-state index in [0.717, 1.165) is 23.1 Å². The third-order valence-corrected chi connectivity index (χ3v) is 9.43. The van der Waals surface area contributed by atoms with E-state index >= 15 is 0 Å². The molecule has 0 atom stereocenters. The summed E-state index contributed by atoms with van der Waals surface area (Å²) in [6.45, 7) is 5.59. The van der Waals surface area contributed by atoms with E-state index < -0.39 is 17.7 Å². The Bertz CT molecular complexity index is 1640. The van der Waals surface area contributed by atoms with E-state index in [1.807, 2.05) is 54.6 Å². The number of carboxylic acids is 1. The Morgan fingerprint density at radius 2 is 1.58 bits per heavy atom. The van der Waals surface area contributed by atoms with Gasteiger partial charge in [-0.2, -0.15) is 13.2 Å². The van der Waals surface area contributed by atoms with Gasteiger partial charge in [0.1, 0.15) is 11.3 Å². The van der Waals surface area contributed by atoms with Crippen LogP contribution >= 0.6 is 11.9 Å². The first-order valence-electron chi connectivity index (χ1n) is 16.0. The summed E-state index contributed by atoms with van der Waals surface area (Å²) in [4.78, 5) is 25.0. The number of aromatic hydroxyl groups is 1. The van der Waals surface area contributed by atoms with Crippen LogP contribution in [0.15, 0.2) is 95.9 Å². The molecule has 0 heterocycles. The zero-order chi connectivity index (χ0) is 34.7. The van der Waals surface area contributed by atoms with Crippen molar-refractivity contribution in [1.29, 1.82) is 0 Å². The third-order valence-electron chi connectivity index (χ3n) is 8.30. The Labute approximate surface area is 284 Å². The number of benzene rings is 4. The molecule has 5 rings (SSSR count). The summed E-state index contributed by atoms with van der Waals surface area (Å²) in [5.41, 5.74) is 3.87. The average Bonchev–Trinajstić information content (AvgIpc) is 3.08. The number of halogens is 3. The van der Waals surface area contributed by atoms with E-state index in [-0.39, 0.29) is 11.3 Å². The second-order valence-electron chi connectivity index (χ2n) is 11.9. The normalized spacial score (nSPS) is 13.5. The van der Waals surface area contributed by atoms with Gasteiger partial charge in [0.05, 0.1) is 12.1 Å². The minimum Gasteiger partial charge on any atom is -0.507 e. The standard InChI is InChI=1S/C21H23NO4.C17H18F3NS/c23-14-22(18-10-11-19(21(25)26)20(24)12-18)13-15-6-8-17(9-7-15)16-4-2-1-3-5-16;1-3-21(22-16-9-7-13(2)8-10-16)12-14-5-4-6-15(11-14)17(18,19)20/h6-12,14,16,24H,1-5,13H2,(H,25,26);4-11H,3,12H2,1-2H3. The van der Waals surface area contributed by atoms with Crippen molar-refractivity contribution in [3.8, 4) is 5.75 Å². The molecule has 0 saturated heterocycles. The zero-order valence-electron chi connectivity index (χ0n) is 27.1. The lowest BCUT2D eigenvalue weighted by molar-refractivity contribution is -0.137. The molecule has 48 heavy (non-hydrogen) atoms. The monoisotopic (exact) mass is 678 g/mol. The van der Waals surface area contributed by atoms with Crippen molar-refractivity contribution < 1.29 is 33.0 Å². The van der Waals surface area contributed by atoms with Gasteiger partial charge >= 0.3 is 12.1 Å². The second kappa shape index (κ2) is 17.2. The predicted octanol–water partition coefficient (Wildman–Crippen LogP) is 9.84. The van der Waals surface area contributed by atoms with Gasteiger partial charge in [0.15, 0.2) is 0 Å². The van der Waals surface area contributed by atoms with Crippen molar-refractivity contribution >= 4 is 30.0 Å². The molecule has 1 fully saturated rings. The molecular formula is C38H41F3N2O4S. The smallest absolute Gasteiger partial charge is 0.416 e. The van der Waals surface area contributed by atoms with E-state index in [1.165, 1.54) is 78.5 Å². The van der Waals surface area contributed by atoms with Crippen molar-refractivity contribution in [1.82, 2.24) is 4.31 Å². The second-order valence-corrected chi connectivity index (χ2v) is 13.0. The third kappa shape index (κ3) is 10.6. The number of carbonyl (C=O) groups excluding carboxylic acids is 1. The van der Waals surface area contributed by atoms with E-state index in [9.17, 15) is 27.9 Å². The Morgan fingerprint density at radius 3 is 2.17 bits per heavy atom. The van der Waals surface area contributed by atoms with Gasteiger partial charge in [0.2, 0.25) is 6.41 Å². The first kappa shape index (κ1) is 36.6. The molecule has 1 amide bonds. The average molecular weight is 679 g/mol. The number of nitrogens with zero attached hydrogens (tertiary/aromatic N) is 2.